The number of nitrogens with one attached hydrogen (secondary N) is 2. The first-order valence-corrected chi connectivity index (χ1v) is 9.98. The second-order valence-corrected chi connectivity index (χ2v) is 6.99. The van der Waals surface area contributed by atoms with E-state index in [1.165, 1.54) is 0 Å². The number of hydrogen-bond donors (Lipinski definition) is 2. The molecule has 0 bridgehead atoms. The van der Waals surface area contributed by atoms with E-state index in [1.807, 2.05) is 24.3 Å². The van der Waals surface area contributed by atoms with Crippen LogP contribution in [0, 0.1) is 0 Å². The Balaban J connectivity index is 2.44. The van der Waals surface area contributed by atoms with Crippen molar-refractivity contribution in [1.82, 2.24) is 20.4 Å². The van der Waals surface area contributed by atoms with Crippen LogP contribution in [0.3, 0.4) is 0 Å². The van der Waals surface area contributed by atoms with Crippen LogP contribution < -0.4 is 10.6 Å². The van der Waals surface area contributed by atoms with Crippen LogP contribution in [-0.4, -0.2) is 89.3 Å². The van der Waals surface area contributed by atoms with Gasteiger partial charge in [-0.25, -0.2) is 0 Å². The maximum Gasteiger partial charge on any atom is 0.253 e. The maximum atomic E-state index is 12.1. The topological polar surface area (TPSA) is 69.2 Å². The van der Waals surface area contributed by atoms with Gasteiger partial charge in [-0.1, -0.05) is 12.1 Å². The molecule has 7 nitrogen and oxygen atoms in total. The SMILES string of the molecule is CCNC(=NCCCN(C)CCOC)NCCc1cccc(C(=O)N(C)C)c1. The van der Waals surface area contributed by atoms with Gasteiger partial charge in [-0.3, -0.25) is 9.79 Å². The molecule has 0 saturated heterocycles. The number of methoxy groups -OCH3 is 1. The Kier molecular flexibility index (Phi) is 11.9. The fraction of sp³-hybridized carbons (Fsp3) is 0.619. The zero-order valence-corrected chi connectivity index (χ0v) is 18.1. The van der Waals surface area contributed by atoms with E-state index in [0.717, 1.165) is 69.3 Å². The van der Waals surface area contributed by atoms with Crippen molar-refractivity contribution < 1.29 is 9.53 Å². The molecule has 28 heavy (non-hydrogen) atoms. The van der Waals surface area contributed by atoms with E-state index in [9.17, 15) is 4.79 Å². The minimum Gasteiger partial charge on any atom is -0.383 e. The number of aliphatic imine (C=N–C) groups is 1. The molecule has 0 aliphatic carbocycles. The van der Waals surface area contributed by atoms with Crippen molar-refractivity contribution in [2.45, 2.75) is 19.8 Å². The Morgan fingerprint density at radius 2 is 1.96 bits per heavy atom. The lowest BCUT2D eigenvalue weighted by molar-refractivity contribution is 0.0827. The lowest BCUT2D eigenvalue weighted by atomic mass is 10.1. The van der Waals surface area contributed by atoms with Crippen molar-refractivity contribution in [3.8, 4) is 0 Å². The molecule has 0 aliphatic rings. The van der Waals surface area contributed by atoms with Gasteiger partial charge >= 0.3 is 0 Å². The molecule has 0 unspecified atom stereocenters. The highest BCUT2D eigenvalue weighted by Gasteiger charge is 2.08. The molecule has 1 aromatic rings. The summed E-state index contributed by atoms with van der Waals surface area (Å²) in [4.78, 5) is 20.6. The van der Waals surface area contributed by atoms with Crippen LogP contribution in [0.5, 0.6) is 0 Å². The molecule has 7 heteroatoms. The Morgan fingerprint density at radius 1 is 1.18 bits per heavy atom. The predicted octanol–water partition coefficient (Wildman–Crippen LogP) is 1.45. The van der Waals surface area contributed by atoms with E-state index in [-0.39, 0.29) is 5.91 Å². The van der Waals surface area contributed by atoms with Crippen molar-refractivity contribution >= 4 is 11.9 Å². The highest BCUT2D eigenvalue weighted by molar-refractivity contribution is 5.94. The number of nitrogens with zero attached hydrogens (tertiary/aromatic N) is 3. The summed E-state index contributed by atoms with van der Waals surface area (Å²) in [5.41, 5.74) is 1.86. The minimum atomic E-state index is 0.0279. The Labute approximate surface area is 170 Å². The molecule has 0 aliphatic heterocycles. The number of carbonyl (C=O) groups excluding carboxylic acids is 1. The number of ether oxygens (including phenoxy) is 1. The van der Waals surface area contributed by atoms with Gasteiger partial charge in [-0.05, 0) is 51.1 Å². The Bertz CT molecular complexity index is 604. The van der Waals surface area contributed by atoms with Crippen molar-refractivity contribution in [1.29, 1.82) is 0 Å². The first-order valence-electron chi connectivity index (χ1n) is 9.98. The molecule has 1 aromatic carbocycles. The van der Waals surface area contributed by atoms with E-state index in [2.05, 4.69) is 34.5 Å². The van der Waals surface area contributed by atoms with Gasteiger partial charge in [0.1, 0.15) is 0 Å². The third-order valence-corrected chi connectivity index (χ3v) is 4.28. The normalized spacial score (nSPS) is 11.6. The summed E-state index contributed by atoms with van der Waals surface area (Å²) < 4.78 is 5.09. The molecule has 0 aromatic heterocycles. The van der Waals surface area contributed by atoms with Gasteiger partial charge in [0.15, 0.2) is 5.96 Å². The number of carbonyl (C=O) groups is 1. The summed E-state index contributed by atoms with van der Waals surface area (Å²) in [6.45, 7) is 7.12. The van der Waals surface area contributed by atoms with E-state index in [1.54, 1.807) is 26.1 Å². The van der Waals surface area contributed by atoms with Crippen LogP contribution in [0.15, 0.2) is 29.3 Å². The smallest absolute Gasteiger partial charge is 0.253 e. The van der Waals surface area contributed by atoms with Gasteiger partial charge in [-0.2, -0.15) is 0 Å². The van der Waals surface area contributed by atoms with Crippen LogP contribution in [0.25, 0.3) is 0 Å². The van der Waals surface area contributed by atoms with E-state index >= 15 is 0 Å². The van der Waals surface area contributed by atoms with Crippen LogP contribution in [0.1, 0.15) is 29.3 Å². The highest BCUT2D eigenvalue weighted by atomic mass is 16.5. The molecule has 1 rings (SSSR count). The summed E-state index contributed by atoms with van der Waals surface area (Å²) in [5.74, 6) is 0.864. The largest absolute Gasteiger partial charge is 0.383 e. The lowest BCUT2D eigenvalue weighted by Gasteiger charge is -2.15. The fourth-order valence-electron chi connectivity index (χ4n) is 2.68. The maximum absolute atomic E-state index is 12.1. The summed E-state index contributed by atoms with van der Waals surface area (Å²) in [6.07, 6.45) is 1.84. The molecular formula is C21H37N5O2. The number of rotatable bonds is 12. The summed E-state index contributed by atoms with van der Waals surface area (Å²) in [5, 5.41) is 6.65. The molecule has 0 saturated carbocycles. The molecule has 0 fully saturated rings. The average Bonchev–Trinajstić information content (AvgIpc) is 2.69. The lowest BCUT2D eigenvalue weighted by Crippen LogP contribution is -2.38. The molecule has 0 heterocycles. The summed E-state index contributed by atoms with van der Waals surface area (Å²) >= 11 is 0. The number of amides is 1. The molecule has 0 spiro atoms. The van der Waals surface area contributed by atoms with E-state index in [0.29, 0.717) is 0 Å². The van der Waals surface area contributed by atoms with Crippen molar-refractivity contribution in [3.05, 3.63) is 35.4 Å². The van der Waals surface area contributed by atoms with Gasteiger partial charge in [0, 0.05) is 52.9 Å². The monoisotopic (exact) mass is 391 g/mol. The zero-order chi connectivity index (χ0) is 20.8. The Hall–Kier alpha value is -2.12. The summed E-state index contributed by atoms with van der Waals surface area (Å²) in [7, 11) is 7.36. The van der Waals surface area contributed by atoms with Crippen molar-refractivity contribution in [2.24, 2.45) is 4.99 Å². The Morgan fingerprint density at radius 3 is 2.64 bits per heavy atom. The van der Waals surface area contributed by atoms with Gasteiger partial charge in [0.05, 0.1) is 6.61 Å². The summed E-state index contributed by atoms with van der Waals surface area (Å²) in [6, 6.07) is 7.80. The molecule has 0 atom stereocenters. The number of guanidine groups is 1. The van der Waals surface area contributed by atoms with Crippen LogP contribution in [0.2, 0.25) is 0 Å². The van der Waals surface area contributed by atoms with Crippen LogP contribution in [-0.2, 0) is 11.2 Å². The van der Waals surface area contributed by atoms with Gasteiger partial charge in [0.25, 0.3) is 5.91 Å². The van der Waals surface area contributed by atoms with Crippen molar-refractivity contribution in [3.63, 3.8) is 0 Å². The number of benzene rings is 1. The third-order valence-electron chi connectivity index (χ3n) is 4.28. The van der Waals surface area contributed by atoms with Crippen molar-refractivity contribution in [2.75, 3.05) is 67.6 Å². The quantitative estimate of drug-likeness (QED) is 0.321. The average molecular weight is 392 g/mol. The van der Waals surface area contributed by atoms with Gasteiger partial charge in [-0.15, -0.1) is 0 Å². The minimum absolute atomic E-state index is 0.0279. The molecule has 158 valence electrons. The highest BCUT2D eigenvalue weighted by Crippen LogP contribution is 2.07. The molecule has 0 radical (unpaired) electrons. The first kappa shape index (κ1) is 23.9. The standard InChI is InChI=1S/C21H37N5O2/c1-6-22-21(23-12-8-14-26(4)15-16-28-5)24-13-11-18-9-7-10-19(17-18)20(27)25(2)3/h7,9-10,17H,6,8,11-16H2,1-5H3,(H2,22,23,24). The molecular weight excluding hydrogens is 354 g/mol. The number of likely N-dealkylation sites (N-methyl/N-ethyl adjacent to an activating group) is 1. The molecule has 2 N–H and O–H groups in total. The van der Waals surface area contributed by atoms with Gasteiger partial charge < -0.3 is 25.2 Å². The van der Waals surface area contributed by atoms with E-state index < -0.39 is 0 Å². The first-order chi connectivity index (χ1) is 13.5. The third kappa shape index (κ3) is 9.71. The van der Waals surface area contributed by atoms with Gasteiger partial charge in [0.2, 0.25) is 0 Å². The zero-order valence-electron chi connectivity index (χ0n) is 18.1. The second kappa shape index (κ2) is 14.0. The molecule has 1 amide bonds. The predicted molar refractivity (Wildman–Crippen MR) is 116 cm³/mol. The second-order valence-electron chi connectivity index (χ2n) is 6.99. The van der Waals surface area contributed by atoms with Crippen LogP contribution in [0.4, 0.5) is 0 Å². The fourth-order valence-corrected chi connectivity index (χ4v) is 2.68. The van der Waals surface area contributed by atoms with E-state index in [4.69, 9.17) is 4.74 Å². The van der Waals surface area contributed by atoms with Crippen LogP contribution >= 0.6 is 0 Å². The number of hydrogen-bond acceptors (Lipinski definition) is 4.